The molecule has 0 saturated carbocycles. The van der Waals surface area contributed by atoms with Crippen molar-refractivity contribution < 1.29 is 19.0 Å². The van der Waals surface area contributed by atoms with Crippen molar-refractivity contribution in [3.63, 3.8) is 0 Å². The van der Waals surface area contributed by atoms with Crippen molar-refractivity contribution in [1.82, 2.24) is 9.97 Å². The number of aromatic nitrogens is 2. The molecule has 0 radical (unpaired) electrons. The number of ether oxygens (including phenoxy) is 3. The highest BCUT2D eigenvalue weighted by Gasteiger charge is 2.13. The number of carbonyl (C=O) groups excluding carboxylic acids is 1. The second kappa shape index (κ2) is 7.44. The highest BCUT2D eigenvalue weighted by atomic mass is 16.5. The quantitative estimate of drug-likeness (QED) is 0.879. The molecule has 1 heterocycles. The summed E-state index contributed by atoms with van der Waals surface area (Å²) in [5.74, 6) is 0.765. The van der Waals surface area contributed by atoms with Crippen LogP contribution in [0.1, 0.15) is 11.4 Å². The maximum atomic E-state index is 12.1. The van der Waals surface area contributed by atoms with Gasteiger partial charge >= 0.3 is 6.01 Å². The van der Waals surface area contributed by atoms with Gasteiger partial charge in [0.15, 0.2) is 18.1 Å². The third kappa shape index (κ3) is 4.09. The highest BCUT2D eigenvalue weighted by molar-refractivity contribution is 5.93. The molecule has 7 heteroatoms. The molecule has 1 N–H and O–H groups in total. The Bertz CT molecular complexity index is 680. The van der Waals surface area contributed by atoms with Crippen LogP contribution in [0.2, 0.25) is 0 Å². The zero-order chi connectivity index (χ0) is 16.8. The van der Waals surface area contributed by atoms with Gasteiger partial charge in [0.25, 0.3) is 5.91 Å². The number of aryl methyl sites for hydroxylation is 2. The van der Waals surface area contributed by atoms with Crippen molar-refractivity contribution in [1.29, 1.82) is 0 Å². The molecule has 23 heavy (non-hydrogen) atoms. The van der Waals surface area contributed by atoms with Crippen LogP contribution >= 0.6 is 0 Å². The van der Waals surface area contributed by atoms with Gasteiger partial charge in [-0.05, 0) is 26.0 Å². The predicted molar refractivity (Wildman–Crippen MR) is 85.2 cm³/mol. The van der Waals surface area contributed by atoms with Gasteiger partial charge in [-0.1, -0.05) is 12.1 Å². The van der Waals surface area contributed by atoms with Gasteiger partial charge in [0.05, 0.1) is 31.3 Å². The van der Waals surface area contributed by atoms with Crippen LogP contribution < -0.4 is 19.5 Å². The first-order valence-electron chi connectivity index (χ1n) is 7.00. The third-order valence-electron chi connectivity index (χ3n) is 3.13. The monoisotopic (exact) mass is 317 g/mol. The summed E-state index contributed by atoms with van der Waals surface area (Å²) >= 11 is 0. The smallest absolute Gasteiger partial charge is 0.316 e. The van der Waals surface area contributed by atoms with E-state index >= 15 is 0 Å². The molecule has 0 spiro atoms. The predicted octanol–water partition coefficient (Wildman–Crippen LogP) is 2.13. The number of hydrogen-bond acceptors (Lipinski definition) is 6. The average molecular weight is 317 g/mol. The van der Waals surface area contributed by atoms with E-state index in [0.29, 0.717) is 28.6 Å². The van der Waals surface area contributed by atoms with Crippen molar-refractivity contribution >= 4 is 11.6 Å². The van der Waals surface area contributed by atoms with Gasteiger partial charge in [0.1, 0.15) is 0 Å². The molecule has 0 saturated heterocycles. The van der Waals surface area contributed by atoms with Gasteiger partial charge in [-0.15, -0.1) is 0 Å². The number of nitrogens with zero attached hydrogens (tertiary/aromatic N) is 2. The number of carbonyl (C=O) groups is 1. The molecule has 0 bridgehead atoms. The molecule has 0 fully saturated rings. The van der Waals surface area contributed by atoms with Crippen LogP contribution in [0, 0.1) is 13.8 Å². The number of nitrogens with one attached hydrogen (secondary N) is 1. The molecule has 1 aromatic carbocycles. The molecular formula is C16H19N3O4. The van der Waals surface area contributed by atoms with Crippen molar-refractivity contribution in [3.8, 4) is 17.5 Å². The van der Waals surface area contributed by atoms with E-state index in [2.05, 4.69) is 15.3 Å². The third-order valence-corrected chi connectivity index (χ3v) is 3.13. The molecule has 1 amide bonds. The van der Waals surface area contributed by atoms with Crippen molar-refractivity contribution in [2.24, 2.45) is 0 Å². The standard InChI is InChI=1S/C16H19N3O4/c1-10-15(11(2)18-16(17-10)22-4)19-14(20)9-23-13-8-6-5-7-12(13)21-3/h5-8H,9H2,1-4H3,(H,19,20). The van der Waals surface area contributed by atoms with E-state index in [-0.39, 0.29) is 18.5 Å². The summed E-state index contributed by atoms with van der Waals surface area (Å²) in [7, 11) is 3.04. The van der Waals surface area contributed by atoms with E-state index < -0.39 is 0 Å². The molecule has 2 rings (SSSR count). The Hall–Kier alpha value is -2.83. The maximum Gasteiger partial charge on any atom is 0.316 e. The van der Waals surface area contributed by atoms with Gasteiger partial charge < -0.3 is 19.5 Å². The Balaban J connectivity index is 2.03. The number of methoxy groups -OCH3 is 2. The molecule has 2 aromatic rings. The summed E-state index contributed by atoms with van der Waals surface area (Å²) in [6.07, 6.45) is 0. The van der Waals surface area contributed by atoms with Crippen LogP contribution in [0.3, 0.4) is 0 Å². The maximum absolute atomic E-state index is 12.1. The van der Waals surface area contributed by atoms with E-state index in [1.54, 1.807) is 39.2 Å². The van der Waals surface area contributed by atoms with Gasteiger partial charge in [-0.3, -0.25) is 4.79 Å². The van der Waals surface area contributed by atoms with Gasteiger partial charge in [0, 0.05) is 0 Å². The lowest BCUT2D eigenvalue weighted by Gasteiger charge is -2.13. The molecule has 0 aliphatic rings. The number of benzene rings is 1. The molecule has 0 aliphatic carbocycles. The SMILES string of the molecule is COc1nc(C)c(NC(=O)COc2ccccc2OC)c(C)n1. The van der Waals surface area contributed by atoms with Crippen molar-refractivity contribution in [3.05, 3.63) is 35.7 Å². The number of anilines is 1. The fourth-order valence-corrected chi connectivity index (χ4v) is 2.01. The second-order valence-electron chi connectivity index (χ2n) is 4.74. The average Bonchev–Trinajstić information content (AvgIpc) is 2.56. The number of para-hydroxylation sites is 2. The molecule has 0 aliphatic heterocycles. The molecular weight excluding hydrogens is 298 g/mol. The molecule has 0 unspecified atom stereocenters. The Labute approximate surface area is 134 Å². The van der Waals surface area contributed by atoms with Gasteiger partial charge in [-0.2, -0.15) is 9.97 Å². The topological polar surface area (TPSA) is 82.6 Å². The number of rotatable bonds is 6. The molecule has 122 valence electrons. The lowest BCUT2D eigenvalue weighted by molar-refractivity contribution is -0.118. The largest absolute Gasteiger partial charge is 0.493 e. The minimum atomic E-state index is -0.309. The highest BCUT2D eigenvalue weighted by Crippen LogP contribution is 2.25. The van der Waals surface area contributed by atoms with E-state index in [1.165, 1.54) is 7.11 Å². The summed E-state index contributed by atoms with van der Waals surface area (Å²) in [4.78, 5) is 20.4. The summed E-state index contributed by atoms with van der Waals surface area (Å²) in [5, 5.41) is 2.75. The Morgan fingerprint density at radius 1 is 1.04 bits per heavy atom. The number of hydrogen-bond donors (Lipinski definition) is 1. The van der Waals surface area contributed by atoms with Crippen molar-refractivity contribution in [2.45, 2.75) is 13.8 Å². The zero-order valence-corrected chi connectivity index (χ0v) is 13.5. The Morgan fingerprint density at radius 2 is 1.65 bits per heavy atom. The zero-order valence-electron chi connectivity index (χ0n) is 13.5. The van der Waals surface area contributed by atoms with Gasteiger partial charge in [0.2, 0.25) is 0 Å². The summed E-state index contributed by atoms with van der Waals surface area (Å²) in [6.45, 7) is 3.40. The molecule has 7 nitrogen and oxygen atoms in total. The van der Waals surface area contributed by atoms with Crippen LogP contribution in [0.25, 0.3) is 0 Å². The first-order valence-corrected chi connectivity index (χ1v) is 7.00. The van der Waals surface area contributed by atoms with E-state index in [4.69, 9.17) is 14.2 Å². The van der Waals surface area contributed by atoms with Crippen LogP contribution in [0.15, 0.2) is 24.3 Å². The van der Waals surface area contributed by atoms with Crippen LogP contribution in [-0.2, 0) is 4.79 Å². The molecule has 0 atom stereocenters. The van der Waals surface area contributed by atoms with E-state index in [9.17, 15) is 4.79 Å². The fraction of sp³-hybridized carbons (Fsp3) is 0.312. The lowest BCUT2D eigenvalue weighted by atomic mass is 10.3. The minimum Gasteiger partial charge on any atom is -0.493 e. The number of amides is 1. The van der Waals surface area contributed by atoms with Crippen molar-refractivity contribution in [2.75, 3.05) is 26.1 Å². The molecule has 1 aromatic heterocycles. The summed E-state index contributed by atoms with van der Waals surface area (Å²) in [5.41, 5.74) is 1.81. The van der Waals surface area contributed by atoms with Gasteiger partial charge in [-0.25, -0.2) is 0 Å². The van der Waals surface area contributed by atoms with Crippen LogP contribution in [0.5, 0.6) is 17.5 Å². The fourth-order valence-electron chi connectivity index (χ4n) is 2.01. The lowest BCUT2D eigenvalue weighted by Crippen LogP contribution is -2.22. The first kappa shape index (κ1) is 16.5. The Morgan fingerprint density at radius 3 is 2.22 bits per heavy atom. The van der Waals surface area contributed by atoms with E-state index in [1.807, 2.05) is 6.07 Å². The summed E-state index contributed by atoms with van der Waals surface area (Å²) < 4.78 is 15.6. The minimum absolute atomic E-state index is 0.148. The van der Waals surface area contributed by atoms with E-state index in [0.717, 1.165) is 0 Å². The first-order chi connectivity index (χ1) is 11.0. The summed E-state index contributed by atoms with van der Waals surface area (Å²) in [6, 6.07) is 7.40. The van der Waals surface area contributed by atoms with Crippen LogP contribution in [0.4, 0.5) is 5.69 Å². The Kier molecular flexibility index (Phi) is 5.35. The second-order valence-corrected chi connectivity index (χ2v) is 4.74. The normalized spacial score (nSPS) is 10.1. The van der Waals surface area contributed by atoms with Crippen LogP contribution in [-0.4, -0.2) is 36.7 Å².